The molecular formula is C22H19ClN4O3S. The van der Waals surface area contributed by atoms with Crippen LogP contribution in [0.15, 0.2) is 46.9 Å². The van der Waals surface area contributed by atoms with E-state index in [1.807, 2.05) is 19.9 Å². The van der Waals surface area contributed by atoms with Gasteiger partial charge in [-0.3, -0.25) is 19.8 Å². The molecule has 0 bridgehead atoms. The summed E-state index contributed by atoms with van der Waals surface area (Å²) in [6.45, 7) is 3.96. The van der Waals surface area contributed by atoms with Crippen LogP contribution in [0.2, 0.25) is 5.02 Å². The summed E-state index contributed by atoms with van der Waals surface area (Å²) in [6, 6.07) is 8.58. The van der Waals surface area contributed by atoms with Crippen LogP contribution in [0.1, 0.15) is 40.5 Å². The standard InChI is InChI=1S/C22H19ClN4O3S/c1-11-8-14(12(2)31-11)20-15(10-24)22(25)26(17-4-3-5-19(28)21(17)20)13-6-7-16(23)18(9-13)27(29)30/h6-9,20H,3-5,25H2,1-2H3/t20-/m1/s1. The van der Waals surface area contributed by atoms with Crippen molar-refractivity contribution in [3.63, 3.8) is 0 Å². The lowest BCUT2D eigenvalue weighted by atomic mass is 9.75. The first kappa shape index (κ1) is 21.1. The van der Waals surface area contributed by atoms with Gasteiger partial charge in [-0.2, -0.15) is 5.26 Å². The number of halogens is 1. The molecule has 0 spiro atoms. The summed E-state index contributed by atoms with van der Waals surface area (Å²) in [5, 5.41) is 21.5. The van der Waals surface area contributed by atoms with Gasteiger partial charge >= 0.3 is 0 Å². The van der Waals surface area contributed by atoms with Crippen molar-refractivity contribution in [2.75, 3.05) is 4.90 Å². The molecule has 1 aromatic carbocycles. The van der Waals surface area contributed by atoms with Gasteiger partial charge in [0, 0.05) is 33.5 Å². The maximum absolute atomic E-state index is 13.1. The summed E-state index contributed by atoms with van der Waals surface area (Å²) in [7, 11) is 0. The number of hydrogen-bond donors (Lipinski definition) is 1. The summed E-state index contributed by atoms with van der Waals surface area (Å²) in [4.78, 5) is 27.7. The minimum Gasteiger partial charge on any atom is -0.384 e. The second-order valence-electron chi connectivity index (χ2n) is 7.58. The minimum absolute atomic E-state index is 0.00462. The van der Waals surface area contributed by atoms with Crippen molar-refractivity contribution in [2.24, 2.45) is 5.73 Å². The molecule has 0 radical (unpaired) electrons. The molecule has 1 aromatic heterocycles. The predicted molar refractivity (Wildman–Crippen MR) is 120 cm³/mol. The van der Waals surface area contributed by atoms with Gasteiger partial charge in [-0.05, 0) is 50.5 Å². The number of rotatable bonds is 3. The van der Waals surface area contributed by atoms with Crippen LogP contribution in [0.5, 0.6) is 0 Å². The predicted octanol–water partition coefficient (Wildman–Crippen LogP) is 5.23. The topological polar surface area (TPSA) is 113 Å². The number of nitrogens with zero attached hydrogens (tertiary/aromatic N) is 3. The van der Waals surface area contributed by atoms with Gasteiger partial charge in [-0.15, -0.1) is 11.3 Å². The number of hydrogen-bond acceptors (Lipinski definition) is 7. The lowest BCUT2D eigenvalue weighted by Gasteiger charge is -2.39. The van der Waals surface area contributed by atoms with E-state index >= 15 is 0 Å². The number of nitro groups is 1. The zero-order valence-electron chi connectivity index (χ0n) is 16.9. The first-order valence-corrected chi connectivity index (χ1v) is 10.9. The van der Waals surface area contributed by atoms with Crippen LogP contribution < -0.4 is 10.6 Å². The molecule has 31 heavy (non-hydrogen) atoms. The number of nitro benzene ring substituents is 1. The van der Waals surface area contributed by atoms with E-state index in [0.717, 1.165) is 15.3 Å². The fourth-order valence-corrected chi connectivity index (χ4v) is 5.56. The van der Waals surface area contributed by atoms with Crippen LogP contribution >= 0.6 is 22.9 Å². The highest BCUT2D eigenvalue weighted by Gasteiger charge is 2.41. The molecule has 1 aliphatic heterocycles. The molecule has 2 aromatic rings. The fraction of sp³-hybridized carbons (Fsp3) is 0.273. The fourth-order valence-electron chi connectivity index (χ4n) is 4.41. The van der Waals surface area contributed by atoms with E-state index in [9.17, 15) is 20.2 Å². The molecule has 0 amide bonds. The third-order valence-electron chi connectivity index (χ3n) is 5.69. The Kier molecular flexibility index (Phi) is 5.33. The van der Waals surface area contributed by atoms with Crippen LogP contribution in [-0.2, 0) is 4.79 Å². The summed E-state index contributed by atoms with van der Waals surface area (Å²) >= 11 is 7.60. The number of aryl methyl sites for hydroxylation is 2. The summed E-state index contributed by atoms with van der Waals surface area (Å²) in [5.41, 5.74) is 9.07. The van der Waals surface area contributed by atoms with Gasteiger partial charge in [0.1, 0.15) is 10.8 Å². The van der Waals surface area contributed by atoms with E-state index in [-0.39, 0.29) is 27.9 Å². The number of benzene rings is 1. The van der Waals surface area contributed by atoms with E-state index in [1.165, 1.54) is 12.1 Å². The third kappa shape index (κ3) is 3.40. The number of ketones is 1. The molecule has 4 rings (SSSR count). The summed E-state index contributed by atoms with van der Waals surface area (Å²) < 4.78 is 0. The Bertz CT molecular complexity index is 1240. The second-order valence-corrected chi connectivity index (χ2v) is 9.45. The minimum atomic E-state index is -0.567. The summed E-state index contributed by atoms with van der Waals surface area (Å²) in [5.74, 6) is -0.375. The van der Waals surface area contributed by atoms with Crippen LogP contribution in [0.25, 0.3) is 0 Å². The Labute approximate surface area is 188 Å². The van der Waals surface area contributed by atoms with Gasteiger partial charge in [0.05, 0.1) is 28.2 Å². The molecule has 0 saturated heterocycles. The summed E-state index contributed by atoms with van der Waals surface area (Å²) in [6.07, 6.45) is 1.62. The smallest absolute Gasteiger partial charge is 0.289 e. The molecule has 1 aliphatic carbocycles. The second kappa shape index (κ2) is 7.84. The number of nitriles is 1. The average Bonchev–Trinajstić information content (AvgIpc) is 3.05. The van der Waals surface area contributed by atoms with Crippen molar-refractivity contribution in [3.05, 3.63) is 77.4 Å². The molecule has 0 saturated carbocycles. The number of nitrogens with two attached hydrogens (primary N) is 1. The Morgan fingerprint density at radius 2 is 2.06 bits per heavy atom. The zero-order valence-corrected chi connectivity index (χ0v) is 18.5. The maximum Gasteiger partial charge on any atom is 0.289 e. The van der Waals surface area contributed by atoms with Gasteiger partial charge in [-0.1, -0.05) is 11.6 Å². The highest BCUT2D eigenvalue weighted by molar-refractivity contribution is 7.12. The molecule has 2 N–H and O–H groups in total. The molecular weight excluding hydrogens is 436 g/mol. The molecule has 1 atom stereocenters. The molecule has 0 fully saturated rings. The maximum atomic E-state index is 13.1. The first-order valence-electron chi connectivity index (χ1n) is 9.71. The van der Waals surface area contributed by atoms with Crippen LogP contribution in [-0.4, -0.2) is 10.7 Å². The Morgan fingerprint density at radius 3 is 2.68 bits per heavy atom. The zero-order chi connectivity index (χ0) is 22.4. The van der Waals surface area contributed by atoms with E-state index in [2.05, 4.69) is 6.07 Å². The largest absolute Gasteiger partial charge is 0.384 e. The lowest BCUT2D eigenvalue weighted by molar-refractivity contribution is -0.384. The van der Waals surface area contributed by atoms with Gasteiger partial charge in [0.15, 0.2) is 5.78 Å². The number of Topliss-reactive ketones (excluding diaryl/α,β-unsaturated/α-hetero) is 1. The van der Waals surface area contributed by atoms with Crippen molar-refractivity contribution < 1.29 is 9.72 Å². The van der Waals surface area contributed by atoms with E-state index in [4.69, 9.17) is 17.3 Å². The van der Waals surface area contributed by atoms with Gasteiger partial charge in [0.2, 0.25) is 0 Å². The molecule has 2 heterocycles. The van der Waals surface area contributed by atoms with Crippen LogP contribution in [0.3, 0.4) is 0 Å². The molecule has 9 heteroatoms. The van der Waals surface area contributed by atoms with Gasteiger partial charge in [-0.25, -0.2) is 0 Å². The normalized spacial score (nSPS) is 18.8. The average molecular weight is 455 g/mol. The molecule has 0 unspecified atom stereocenters. The molecule has 158 valence electrons. The number of carbonyl (C=O) groups is 1. The Hall–Kier alpha value is -3.15. The van der Waals surface area contributed by atoms with Crippen molar-refractivity contribution in [3.8, 4) is 6.07 Å². The van der Waals surface area contributed by atoms with Gasteiger partial charge in [0.25, 0.3) is 5.69 Å². The van der Waals surface area contributed by atoms with Crippen LogP contribution in [0.4, 0.5) is 11.4 Å². The quantitative estimate of drug-likeness (QED) is 0.501. The Balaban J connectivity index is 1.99. The highest BCUT2D eigenvalue weighted by atomic mass is 35.5. The number of anilines is 1. The molecule has 2 aliphatic rings. The van der Waals surface area contributed by atoms with Crippen molar-refractivity contribution in [1.82, 2.24) is 0 Å². The first-order chi connectivity index (χ1) is 14.7. The Morgan fingerprint density at radius 1 is 1.32 bits per heavy atom. The van der Waals surface area contributed by atoms with E-state index in [1.54, 1.807) is 22.3 Å². The number of thiophene rings is 1. The van der Waals surface area contributed by atoms with Crippen molar-refractivity contribution in [1.29, 1.82) is 5.26 Å². The van der Waals surface area contributed by atoms with Crippen molar-refractivity contribution in [2.45, 2.75) is 39.0 Å². The van der Waals surface area contributed by atoms with Crippen LogP contribution in [0, 0.1) is 35.3 Å². The highest BCUT2D eigenvalue weighted by Crippen LogP contribution is 2.48. The van der Waals surface area contributed by atoms with Gasteiger partial charge < -0.3 is 5.73 Å². The number of carbonyl (C=O) groups excluding carboxylic acids is 1. The monoisotopic (exact) mass is 454 g/mol. The molecule has 7 nitrogen and oxygen atoms in total. The third-order valence-corrected chi connectivity index (χ3v) is 6.99. The van der Waals surface area contributed by atoms with E-state index < -0.39 is 10.8 Å². The van der Waals surface area contributed by atoms with Crippen molar-refractivity contribution >= 4 is 40.1 Å². The SMILES string of the molecule is Cc1cc([C@@H]2C(C#N)=C(N)N(c3ccc(Cl)c([N+](=O)[O-])c3)C3=C2C(=O)CCC3)c(C)s1. The van der Waals surface area contributed by atoms with E-state index in [0.29, 0.717) is 36.2 Å². The lowest BCUT2D eigenvalue weighted by Crippen LogP contribution is -2.38. The number of allylic oxidation sites excluding steroid dienone is 3.